The van der Waals surface area contributed by atoms with Crippen LogP contribution in [0.4, 0.5) is 5.69 Å². The van der Waals surface area contributed by atoms with Crippen LogP contribution in [0.5, 0.6) is 11.5 Å². The van der Waals surface area contributed by atoms with E-state index in [4.69, 9.17) is 9.47 Å². The van der Waals surface area contributed by atoms with Crippen LogP contribution in [0.1, 0.15) is 24.2 Å². The van der Waals surface area contributed by atoms with Crippen molar-refractivity contribution >= 4 is 23.5 Å². The van der Waals surface area contributed by atoms with Crippen molar-refractivity contribution in [3.8, 4) is 11.5 Å². The Hall–Kier alpha value is -2.57. The molecule has 0 atom stereocenters. The molecule has 108 valence electrons. The molecule has 0 saturated heterocycles. The maximum atomic E-state index is 11.6. The molecule has 0 aromatic heterocycles. The summed E-state index contributed by atoms with van der Waals surface area (Å²) in [6.07, 6.45) is 0. The summed E-state index contributed by atoms with van der Waals surface area (Å²) in [5.74, 6) is -1.41. The van der Waals surface area contributed by atoms with Crippen molar-refractivity contribution in [1.29, 1.82) is 0 Å². The van der Waals surface area contributed by atoms with Crippen molar-refractivity contribution in [2.75, 3.05) is 19.5 Å². The van der Waals surface area contributed by atoms with Gasteiger partial charge < -0.3 is 19.5 Å². The molecule has 1 rings (SSSR count). The zero-order valence-electron chi connectivity index (χ0n) is 11.6. The van der Waals surface area contributed by atoms with Crippen LogP contribution in [0.25, 0.3) is 0 Å². The molecule has 0 bridgehead atoms. The van der Waals surface area contributed by atoms with Crippen molar-refractivity contribution in [1.82, 2.24) is 0 Å². The number of carbonyl (C=O) groups excluding carboxylic acids is 3. The van der Waals surface area contributed by atoms with E-state index in [0.29, 0.717) is 0 Å². The number of hydrogen-bond acceptors (Lipinski definition) is 6. The Labute approximate surface area is 115 Å². The third-order valence-electron chi connectivity index (χ3n) is 2.25. The summed E-state index contributed by atoms with van der Waals surface area (Å²) in [4.78, 5) is 33.9. The highest BCUT2D eigenvalue weighted by Gasteiger charge is 2.19. The molecule has 1 amide bonds. The van der Waals surface area contributed by atoms with Crippen LogP contribution in [0.15, 0.2) is 12.1 Å². The molecule has 0 unspecified atom stereocenters. The van der Waals surface area contributed by atoms with Crippen LogP contribution in [-0.4, -0.2) is 32.1 Å². The Morgan fingerprint density at radius 1 is 1.10 bits per heavy atom. The number of nitrogens with one attached hydrogen (secondary N) is 1. The number of ether oxygens (including phenoxy) is 3. The summed E-state index contributed by atoms with van der Waals surface area (Å²) in [6.45, 7) is 2.50. The molecule has 1 aromatic carbocycles. The quantitative estimate of drug-likeness (QED) is 0.662. The van der Waals surface area contributed by atoms with E-state index in [0.717, 1.165) is 0 Å². The maximum Gasteiger partial charge on any atom is 0.338 e. The first-order valence-corrected chi connectivity index (χ1v) is 5.65. The summed E-state index contributed by atoms with van der Waals surface area (Å²) >= 11 is 0. The van der Waals surface area contributed by atoms with Gasteiger partial charge in [0, 0.05) is 13.8 Å². The van der Waals surface area contributed by atoms with Gasteiger partial charge in [-0.1, -0.05) is 0 Å². The largest absolute Gasteiger partial charge is 0.493 e. The minimum absolute atomic E-state index is 0.0304. The molecular formula is C13H15NO6. The number of benzene rings is 1. The lowest BCUT2D eigenvalue weighted by Crippen LogP contribution is -2.12. The van der Waals surface area contributed by atoms with E-state index in [9.17, 15) is 14.4 Å². The fourth-order valence-electron chi connectivity index (χ4n) is 1.52. The predicted molar refractivity (Wildman–Crippen MR) is 69.9 cm³/mol. The molecule has 0 aliphatic rings. The van der Waals surface area contributed by atoms with Gasteiger partial charge in [-0.3, -0.25) is 9.59 Å². The van der Waals surface area contributed by atoms with E-state index in [-0.39, 0.29) is 28.7 Å². The van der Waals surface area contributed by atoms with E-state index < -0.39 is 11.9 Å². The van der Waals surface area contributed by atoms with Gasteiger partial charge in [-0.2, -0.15) is 0 Å². The average Bonchev–Trinajstić information content (AvgIpc) is 2.38. The monoisotopic (exact) mass is 281 g/mol. The van der Waals surface area contributed by atoms with E-state index in [1.165, 1.54) is 40.2 Å². The fourth-order valence-corrected chi connectivity index (χ4v) is 1.52. The van der Waals surface area contributed by atoms with Gasteiger partial charge in [0.25, 0.3) is 0 Å². The Morgan fingerprint density at radius 3 is 2.20 bits per heavy atom. The highest BCUT2D eigenvalue weighted by molar-refractivity contribution is 5.97. The molecule has 0 radical (unpaired) electrons. The summed E-state index contributed by atoms with van der Waals surface area (Å²) in [7, 11) is 2.58. The Balaban J connectivity index is 3.41. The third kappa shape index (κ3) is 3.71. The molecule has 0 heterocycles. The van der Waals surface area contributed by atoms with Crippen LogP contribution in [0, 0.1) is 0 Å². The summed E-state index contributed by atoms with van der Waals surface area (Å²) in [5, 5.41) is 2.47. The second-order valence-electron chi connectivity index (χ2n) is 3.82. The first kappa shape index (κ1) is 15.5. The number of amides is 1. The van der Waals surface area contributed by atoms with Gasteiger partial charge in [0.2, 0.25) is 5.91 Å². The number of carbonyl (C=O) groups is 3. The Morgan fingerprint density at radius 2 is 1.75 bits per heavy atom. The van der Waals surface area contributed by atoms with Crippen LogP contribution >= 0.6 is 0 Å². The van der Waals surface area contributed by atoms with Crippen molar-refractivity contribution in [3.63, 3.8) is 0 Å². The molecule has 7 nitrogen and oxygen atoms in total. The number of methoxy groups -OCH3 is 2. The van der Waals surface area contributed by atoms with Gasteiger partial charge >= 0.3 is 11.9 Å². The Bertz CT molecular complexity index is 552. The van der Waals surface area contributed by atoms with Crippen molar-refractivity contribution in [2.45, 2.75) is 13.8 Å². The molecule has 0 spiro atoms. The standard InChI is InChI=1S/C13H15NO6/c1-7(15)14-10-5-9(13(17)19-4)6-11(18-3)12(10)20-8(2)16/h5-6H,1-4H3,(H,14,15). The van der Waals surface area contributed by atoms with Crippen LogP contribution in [0.2, 0.25) is 0 Å². The summed E-state index contributed by atoms with van der Waals surface area (Å²) in [6, 6.07) is 2.70. The second kappa shape index (κ2) is 6.55. The lowest BCUT2D eigenvalue weighted by molar-refractivity contribution is -0.132. The molecule has 0 aliphatic carbocycles. The SMILES string of the molecule is COC(=O)c1cc(NC(C)=O)c(OC(C)=O)c(OC)c1. The van der Waals surface area contributed by atoms with Gasteiger partial charge in [-0.05, 0) is 12.1 Å². The zero-order valence-corrected chi connectivity index (χ0v) is 11.6. The topological polar surface area (TPSA) is 90.9 Å². The van der Waals surface area contributed by atoms with E-state index in [1.807, 2.05) is 0 Å². The number of rotatable bonds is 4. The third-order valence-corrected chi connectivity index (χ3v) is 2.25. The molecule has 20 heavy (non-hydrogen) atoms. The summed E-state index contributed by atoms with van der Waals surface area (Å²) < 4.78 is 14.7. The van der Waals surface area contributed by atoms with Gasteiger partial charge in [0.05, 0.1) is 25.5 Å². The van der Waals surface area contributed by atoms with Crippen molar-refractivity contribution in [2.24, 2.45) is 0 Å². The minimum atomic E-state index is -0.607. The molecule has 0 saturated carbocycles. The number of hydrogen-bond donors (Lipinski definition) is 1. The van der Waals surface area contributed by atoms with Gasteiger partial charge in [-0.25, -0.2) is 4.79 Å². The lowest BCUT2D eigenvalue weighted by atomic mass is 10.1. The van der Waals surface area contributed by atoms with Crippen LogP contribution in [-0.2, 0) is 14.3 Å². The fraction of sp³-hybridized carbons (Fsp3) is 0.308. The number of esters is 2. The molecular weight excluding hydrogens is 266 g/mol. The molecule has 0 aliphatic heterocycles. The lowest BCUT2D eigenvalue weighted by Gasteiger charge is -2.14. The molecule has 0 fully saturated rings. The first-order valence-electron chi connectivity index (χ1n) is 5.65. The smallest absolute Gasteiger partial charge is 0.338 e. The highest BCUT2D eigenvalue weighted by atomic mass is 16.6. The average molecular weight is 281 g/mol. The molecule has 7 heteroatoms. The molecule has 1 aromatic rings. The first-order chi connectivity index (χ1) is 9.38. The zero-order chi connectivity index (χ0) is 15.3. The van der Waals surface area contributed by atoms with Crippen molar-refractivity contribution in [3.05, 3.63) is 17.7 Å². The van der Waals surface area contributed by atoms with Crippen LogP contribution < -0.4 is 14.8 Å². The van der Waals surface area contributed by atoms with E-state index in [1.54, 1.807) is 0 Å². The number of anilines is 1. The minimum Gasteiger partial charge on any atom is -0.493 e. The molecule has 1 N–H and O–H groups in total. The predicted octanol–water partition coefficient (Wildman–Crippen LogP) is 1.37. The summed E-state index contributed by atoms with van der Waals surface area (Å²) in [5.41, 5.74) is 0.302. The van der Waals surface area contributed by atoms with E-state index in [2.05, 4.69) is 10.1 Å². The van der Waals surface area contributed by atoms with Crippen LogP contribution in [0.3, 0.4) is 0 Å². The van der Waals surface area contributed by atoms with Gasteiger partial charge in [0.15, 0.2) is 11.5 Å². The normalized spacial score (nSPS) is 9.60. The Kier molecular flexibility index (Phi) is 5.08. The highest BCUT2D eigenvalue weighted by Crippen LogP contribution is 2.37. The second-order valence-corrected chi connectivity index (χ2v) is 3.82. The van der Waals surface area contributed by atoms with Crippen molar-refractivity contribution < 1.29 is 28.6 Å². The van der Waals surface area contributed by atoms with Gasteiger partial charge in [0.1, 0.15) is 0 Å². The maximum absolute atomic E-state index is 11.6. The van der Waals surface area contributed by atoms with Gasteiger partial charge in [-0.15, -0.1) is 0 Å². The van der Waals surface area contributed by atoms with E-state index >= 15 is 0 Å².